The van der Waals surface area contributed by atoms with E-state index in [-0.39, 0.29) is 6.61 Å². The van der Waals surface area contributed by atoms with E-state index in [1.54, 1.807) is 6.20 Å². The first-order valence-corrected chi connectivity index (χ1v) is 7.08. The zero-order valence-electron chi connectivity index (χ0n) is 12.3. The third kappa shape index (κ3) is 3.01. The molecule has 2 rings (SSSR count). The Morgan fingerprint density at radius 3 is 2.85 bits per heavy atom. The summed E-state index contributed by atoms with van der Waals surface area (Å²) >= 11 is 0. The van der Waals surface area contributed by atoms with E-state index >= 15 is 0 Å². The smallest absolute Gasteiger partial charge is 0.180 e. The monoisotopic (exact) mass is 277 g/mol. The first kappa shape index (κ1) is 14.6. The van der Waals surface area contributed by atoms with Crippen molar-refractivity contribution >= 4 is 17.3 Å². The van der Waals surface area contributed by atoms with Gasteiger partial charge in [0.2, 0.25) is 0 Å². The average molecular weight is 277 g/mol. The van der Waals surface area contributed by atoms with Gasteiger partial charge in [-0.3, -0.25) is 0 Å². The van der Waals surface area contributed by atoms with Crippen LogP contribution in [0.3, 0.4) is 0 Å². The van der Waals surface area contributed by atoms with Crippen LogP contribution in [-0.4, -0.2) is 38.2 Å². The van der Waals surface area contributed by atoms with Crippen LogP contribution in [0.25, 0.3) is 5.65 Å². The molecular formula is C14H23N5O. The molecule has 0 bridgehead atoms. The highest BCUT2D eigenvalue weighted by molar-refractivity contribution is 5.66. The predicted molar refractivity (Wildman–Crippen MR) is 81.2 cm³/mol. The van der Waals surface area contributed by atoms with E-state index in [2.05, 4.69) is 27.5 Å². The number of hydrogen-bond donors (Lipinski definition) is 3. The lowest BCUT2D eigenvalue weighted by Crippen LogP contribution is -2.38. The fraction of sp³-hybridized carbons (Fsp3) is 0.571. The molecule has 0 saturated carbocycles. The molecule has 0 spiro atoms. The molecule has 0 aromatic carbocycles. The van der Waals surface area contributed by atoms with Crippen molar-refractivity contribution in [1.82, 2.24) is 14.4 Å². The van der Waals surface area contributed by atoms with Gasteiger partial charge in [-0.15, -0.1) is 0 Å². The third-order valence-corrected chi connectivity index (χ3v) is 3.48. The number of anilines is 2. The molecule has 2 heterocycles. The molecule has 0 aliphatic carbocycles. The Bertz CT molecular complexity index is 562. The molecule has 0 radical (unpaired) electrons. The minimum Gasteiger partial charge on any atom is -0.394 e. The standard InChI is InChI=1S/C14H23N5O/c1-4-6-15-11-9-19-8-7-16-13(19)12(17-11)18-14(3,5-2)10-20/h7-9,15,20H,4-6,10H2,1-3H3,(H,17,18). The summed E-state index contributed by atoms with van der Waals surface area (Å²) in [5.41, 5.74) is 0.364. The summed E-state index contributed by atoms with van der Waals surface area (Å²) in [6, 6.07) is 0. The van der Waals surface area contributed by atoms with Crippen molar-refractivity contribution in [2.45, 2.75) is 39.2 Å². The zero-order chi connectivity index (χ0) is 14.6. The lowest BCUT2D eigenvalue weighted by Gasteiger charge is -2.28. The van der Waals surface area contributed by atoms with Gasteiger partial charge in [0.05, 0.1) is 18.3 Å². The van der Waals surface area contributed by atoms with E-state index in [1.165, 1.54) is 0 Å². The van der Waals surface area contributed by atoms with Crippen molar-refractivity contribution in [2.24, 2.45) is 0 Å². The van der Waals surface area contributed by atoms with Gasteiger partial charge in [0.1, 0.15) is 5.82 Å². The maximum atomic E-state index is 9.55. The van der Waals surface area contributed by atoms with E-state index in [0.717, 1.165) is 30.9 Å². The lowest BCUT2D eigenvalue weighted by atomic mass is 10.0. The van der Waals surface area contributed by atoms with Crippen LogP contribution in [0.2, 0.25) is 0 Å². The Morgan fingerprint density at radius 2 is 2.20 bits per heavy atom. The molecule has 6 nitrogen and oxygen atoms in total. The largest absolute Gasteiger partial charge is 0.394 e. The highest BCUT2D eigenvalue weighted by Crippen LogP contribution is 2.22. The number of fused-ring (bicyclic) bond motifs is 1. The first-order valence-electron chi connectivity index (χ1n) is 7.08. The minimum atomic E-state index is -0.400. The number of imidazole rings is 1. The van der Waals surface area contributed by atoms with Gasteiger partial charge in [-0.25, -0.2) is 9.97 Å². The van der Waals surface area contributed by atoms with Crippen LogP contribution in [0.1, 0.15) is 33.6 Å². The first-order chi connectivity index (χ1) is 9.61. The average Bonchev–Trinajstić information content (AvgIpc) is 2.93. The summed E-state index contributed by atoms with van der Waals surface area (Å²) < 4.78 is 1.93. The van der Waals surface area contributed by atoms with Gasteiger partial charge in [-0.05, 0) is 19.8 Å². The predicted octanol–water partition coefficient (Wildman–Crippen LogP) is 2.12. The third-order valence-electron chi connectivity index (χ3n) is 3.48. The summed E-state index contributed by atoms with van der Waals surface area (Å²) in [7, 11) is 0. The maximum Gasteiger partial charge on any atom is 0.180 e. The lowest BCUT2D eigenvalue weighted by molar-refractivity contribution is 0.218. The molecule has 6 heteroatoms. The number of rotatable bonds is 7. The van der Waals surface area contributed by atoms with Crippen LogP contribution in [-0.2, 0) is 0 Å². The molecule has 20 heavy (non-hydrogen) atoms. The van der Waals surface area contributed by atoms with Crippen molar-refractivity contribution in [3.8, 4) is 0 Å². The second kappa shape index (κ2) is 6.09. The van der Waals surface area contributed by atoms with E-state index < -0.39 is 5.54 Å². The minimum absolute atomic E-state index is 0.0463. The topological polar surface area (TPSA) is 74.5 Å². The van der Waals surface area contributed by atoms with Gasteiger partial charge in [-0.2, -0.15) is 0 Å². The molecule has 0 fully saturated rings. The Kier molecular flexibility index (Phi) is 4.44. The van der Waals surface area contributed by atoms with Crippen LogP contribution in [0.15, 0.2) is 18.6 Å². The van der Waals surface area contributed by atoms with Gasteiger partial charge in [0.15, 0.2) is 11.5 Å². The number of aromatic nitrogens is 3. The SMILES string of the molecule is CCCNc1cn2ccnc2c(NC(C)(CC)CO)n1. The number of nitrogens with zero attached hydrogens (tertiary/aromatic N) is 3. The van der Waals surface area contributed by atoms with Gasteiger partial charge < -0.3 is 20.1 Å². The summed E-state index contributed by atoms with van der Waals surface area (Å²) in [5, 5.41) is 16.1. The van der Waals surface area contributed by atoms with Crippen LogP contribution in [0.5, 0.6) is 0 Å². The number of hydrogen-bond acceptors (Lipinski definition) is 5. The fourth-order valence-corrected chi connectivity index (χ4v) is 1.88. The molecule has 0 saturated heterocycles. The molecule has 3 N–H and O–H groups in total. The summed E-state index contributed by atoms with van der Waals surface area (Å²) in [5.74, 6) is 1.49. The van der Waals surface area contributed by atoms with Gasteiger partial charge in [-0.1, -0.05) is 13.8 Å². The van der Waals surface area contributed by atoms with Gasteiger partial charge >= 0.3 is 0 Å². The van der Waals surface area contributed by atoms with Gasteiger partial charge in [0, 0.05) is 18.9 Å². The molecule has 2 aromatic rings. The normalized spacial score (nSPS) is 14.2. The Morgan fingerprint density at radius 1 is 1.40 bits per heavy atom. The van der Waals surface area contributed by atoms with Crippen LogP contribution in [0.4, 0.5) is 11.6 Å². The summed E-state index contributed by atoms with van der Waals surface area (Å²) in [4.78, 5) is 8.90. The van der Waals surface area contributed by atoms with Crippen molar-refractivity contribution in [2.75, 3.05) is 23.8 Å². The highest BCUT2D eigenvalue weighted by Gasteiger charge is 2.23. The number of aliphatic hydroxyl groups excluding tert-OH is 1. The molecule has 0 aliphatic heterocycles. The van der Waals surface area contributed by atoms with Gasteiger partial charge in [0.25, 0.3) is 0 Å². The number of nitrogens with one attached hydrogen (secondary N) is 2. The fourth-order valence-electron chi connectivity index (χ4n) is 1.88. The molecular weight excluding hydrogens is 254 g/mol. The van der Waals surface area contributed by atoms with E-state index in [9.17, 15) is 5.11 Å². The quantitative estimate of drug-likeness (QED) is 0.723. The molecule has 110 valence electrons. The maximum absolute atomic E-state index is 9.55. The summed E-state index contributed by atoms with van der Waals surface area (Å²) in [6.07, 6.45) is 7.39. The Labute approximate surface area is 119 Å². The molecule has 1 unspecified atom stereocenters. The van der Waals surface area contributed by atoms with Crippen LogP contribution < -0.4 is 10.6 Å². The molecule has 0 aliphatic rings. The highest BCUT2D eigenvalue weighted by atomic mass is 16.3. The Hall–Kier alpha value is -1.82. The summed E-state index contributed by atoms with van der Waals surface area (Å²) in [6.45, 7) is 7.04. The Balaban J connectivity index is 2.36. The van der Waals surface area contributed by atoms with Crippen molar-refractivity contribution in [3.05, 3.63) is 18.6 Å². The van der Waals surface area contributed by atoms with Crippen molar-refractivity contribution in [3.63, 3.8) is 0 Å². The molecule has 1 atom stereocenters. The molecule has 0 amide bonds. The molecule has 2 aromatic heterocycles. The zero-order valence-corrected chi connectivity index (χ0v) is 12.3. The second-order valence-corrected chi connectivity index (χ2v) is 5.26. The van der Waals surface area contributed by atoms with Crippen molar-refractivity contribution < 1.29 is 5.11 Å². The second-order valence-electron chi connectivity index (χ2n) is 5.26. The number of aliphatic hydroxyl groups is 1. The van der Waals surface area contributed by atoms with Crippen LogP contribution in [0, 0.1) is 0 Å². The van der Waals surface area contributed by atoms with E-state index in [0.29, 0.717) is 5.82 Å². The van der Waals surface area contributed by atoms with Crippen molar-refractivity contribution in [1.29, 1.82) is 0 Å². The van der Waals surface area contributed by atoms with E-state index in [4.69, 9.17) is 0 Å². The van der Waals surface area contributed by atoms with E-state index in [1.807, 2.05) is 30.6 Å². The van der Waals surface area contributed by atoms with Crippen LogP contribution >= 0.6 is 0 Å².